The molecule has 33 heavy (non-hydrogen) atoms. The molecule has 4 aromatic rings. The minimum absolute atomic E-state index is 0.289. The predicted molar refractivity (Wildman–Crippen MR) is 114 cm³/mol. The van der Waals surface area contributed by atoms with Crippen LogP contribution in [0.2, 0.25) is 0 Å². The Morgan fingerprint density at radius 3 is 2.24 bits per heavy atom. The fourth-order valence-corrected chi connectivity index (χ4v) is 2.97. The number of ether oxygens (including phenoxy) is 2. The number of hydrogen-bond donors (Lipinski definition) is 1. The molecule has 1 N–H and O–H groups in total. The summed E-state index contributed by atoms with van der Waals surface area (Å²) in [5.41, 5.74) is 2.85. The largest absolute Gasteiger partial charge is 0.573 e. The zero-order valence-corrected chi connectivity index (χ0v) is 17.2. The lowest BCUT2D eigenvalue weighted by atomic mass is 10.2. The molecular weight excluding hydrogens is 437 g/mol. The number of hydrogen-bond acceptors (Lipinski definition) is 5. The highest BCUT2D eigenvalue weighted by Gasteiger charge is 2.31. The van der Waals surface area contributed by atoms with Crippen molar-refractivity contribution < 1.29 is 27.4 Å². The molecule has 4 rings (SSSR count). The summed E-state index contributed by atoms with van der Waals surface area (Å²) in [6, 6.07) is 15.6. The zero-order valence-electron chi connectivity index (χ0n) is 17.2. The molecule has 0 saturated heterocycles. The summed E-state index contributed by atoms with van der Waals surface area (Å²) >= 11 is 0. The number of amides is 1. The highest BCUT2D eigenvalue weighted by Crippen LogP contribution is 2.24. The number of rotatable bonds is 6. The number of methoxy groups -OCH3 is 1. The molecule has 1 amide bonds. The van der Waals surface area contributed by atoms with E-state index in [4.69, 9.17) is 4.74 Å². The highest BCUT2D eigenvalue weighted by molar-refractivity contribution is 6.04. The molecule has 7 nitrogen and oxygen atoms in total. The first-order chi connectivity index (χ1) is 15.8. The smallest absolute Gasteiger partial charge is 0.497 e. The summed E-state index contributed by atoms with van der Waals surface area (Å²) in [5.74, 6) is -0.0820. The number of halogens is 3. The maximum atomic E-state index is 12.4. The summed E-state index contributed by atoms with van der Waals surface area (Å²) in [5, 5.41) is 6.94. The van der Waals surface area contributed by atoms with E-state index >= 15 is 0 Å². The summed E-state index contributed by atoms with van der Waals surface area (Å²) in [6.07, 6.45) is 0.116. The lowest BCUT2D eigenvalue weighted by Gasteiger charge is -2.10. The molecule has 2 heterocycles. The van der Waals surface area contributed by atoms with Crippen molar-refractivity contribution in [2.75, 3.05) is 12.4 Å². The van der Waals surface area contributed by atoms with Crippen molar-refractivity contribution in [2.45, 2.75) is 6.36 Å². The third-order valence-corrected chi connectivity index (χ3v) is 4.59. The van der Waals surface area contributed by atoms with Gasteiger partial charge in [0.15, 0.2) is 0 Å². The van der Waals surface area contributed by atoms with E-state index in [0.717, 1.165) is 29.1 Å². The Morgan fingerprint density at radius 2 is 1.64 bits per heavy atom. The zero-order chi connectivity index (χ0) is 23.4. The molecule has 0 spiro atoms. The van der Waals surface area contributed by atoms with Gasteiger partial charge in [0.05, 0.1) is 30.3 Å². The van der Waals surface area contributed by atoms with Gasteiger partial charge in [-0.25, -0.2) is 4.68 Å². The average Bonchev–Trinajstić information content (AvgIpc) is 3.30. The lowest BCUT2D eigenvalue weighted by Crippen LogP contribution is -2.17. The van der Waals surface area contributed by atoms with E-state index in [1.807, 2.05) is 30.5 Å². The SMILES string of the molecule is COc1ccc(-n2cc(-c3ccc(C(=O)Nc4ccc(OC(F)(F)F)cc4)cn3)cn2)cc1. The van der Waals surface area contributed by atoms with Crippen LogP contribution in [-0.2, 0) is 0 Å². The first kappa shape index (κ1) is 21.9. The van der Waals surface area contributed by atoms with E-state index in [-0.39, 0.29) is 11.3 Å². The second-order valence-corrected chi connectivity index (χ2v) is 6.83. The number of pyridine rings is 1. The molecule has 0 radical (unpaired) electrons. The normalized spacial score (nSPS) is 11.2. The van der Waals surface area contributed by atoms with Crippen molar-refractivity contribution >= 4 is 11.6 Å². The van der Waals surface area contributed by atoms with Gasteiger partial charge in [0.1, 0.15) is 11.5 Å². The number of benzene rings is 2. The number of nitrogens with zero attached hydrogens (tertiary/aromatic N) is 3. The molecule has 2 aromatic carbocycles. The topological polar surface area (TPSA) is 78.3 Å². The van der Waals surface area contributed by atoms with Gasteiger partial charge in [0.25, 0.3) is 5.91 Å². The van der Waals surface area contributed by atoms with E-state index in [1.54, 1.807) is 30.1 Å². The molecule has 0 saturated carbocycles. The quantitative estimate of drug-likeness (QED) is 0.439. The van der Waals surface area contributed by atoms with Gasteiger partial charge in [-0.1, -0.05) is 0 Å². The summed E-state index contributed by atoms with van der Waals surface area (Å²) in [7, 11) is 1.60. The van der Waals surface area contributed by atoms with Gasteiger partial charge in [-0.15, -0.1) is 13.2 Å². The van der Waals surface area contributed by atoms with Crippen molar-refractivity contribution in [3.05, 3.63) is 84.8 Å². The van der Waals surface area contributed by atoms with E-state index in [2.05, 4.69) is 20.1 Å². The van der Waals surface area contributed by atoms with Gasteiger partial charge in [-0.3, -0.25) is 9.78 Å². The van der Waals surface area contributed by atoms with Crippen molar-refractivity contribution in [2.24, 2.45) is 0 Å². The van der Waals surface area contributed by atoms with Gasteiger partial charge < -0.3 is 14.8 Å². The number of aromatic nitrogens is 3. The van der Waals surface area contributed by atoms with Gasteiger partial charge >= 0.3 is 6.36 Å². The Labute approximate surface area is 186 Å². The number of nitrogens with one attached hydrogen (secondary N) is 1. The van der Waals surface area contributed by atoms with E-state index in [1.165, 1.54) is 18.3 Å². The van der Waals surface area contributed by atoms with E-state index < -0.39 is 12.3 Å². The Kier molecular flexibility index (Phi) is 5.99. The Balaban J connectivity index is 1.42. The highest BCUT2D eigenvalue weighted by atomic mass is 19.4. The average molecular weight is 454 g/mol. The van der Waals surface area contributed by atoms with Crippen LogP contribution in [-0.4, -0.2) is 34.1 Å². The molecule has 0 aliphatic carbocycles. The van der Waals surface area contributed by atoms with Gasteiger partial charge in [-0.05, 0) is 60.7 Å². The maximum absolute atomic E-state index is 12.4. The van der Waals surface area contributed by atoms with E-state index in [9.17, 15) is 18.0 Å². The third kappa shape index (κ3) is 5.48. The molecule has 0 fully saturated rings. The minimum Gasteiger partial charge on any atom is -0.497 e. The summed E-state index contributed by atoms with van der Waals surface area (Å²) in [6.45, 7) is 0. The van der Waals surface area contributed by atoms with Gasteiger partial charge in [0, 0.05) is 23.6 Å². The first-order valence-electron chi connectivity index (χ1n) is 9.63. The van der Waals surface area contributed by atoms with E-state index in [0.29, 0.717) is 11.4 Å². The standard InChI is InChI=1S/C23H17F3N4O3/c1-32-19-9-5-18(6-10-19)30-14-16(13-28-30)21-11-2-15(12-27-21)22(31)29-17-3-7-20(8-4-17)33-23(24,25)26/h2-14H,1H3,(H,29,31). The van der Waals surface area contributed by atoms with Crippen LogP contribution in [0.5, 0.6) is 11.5 Å². The predicted octanol–water partition coefficient (Wildman–Crippen LogP) is 5.09. The molecule has 168 valence electrons. The monoisotopic (exact) mass is 454 g/mol. The van der Waals surface area contributed by atoms with Crippen molar-refractivity contribution in [3.8, 4) is 28.4 Å². The van der Waals surface area contributed by atoms with Crippen LogP contribution < -0.4 is 14.8 Å². The van der Waals surface area contributed by atoms with Crippen LogP contribution >= 0.6 is 0 Å². The Bertz CT molecular complexity index is 1240. The van der Waals surface area contributed by atoms with Crippen LogP contribution in [0.15, 0.2) is 79.3 Å². The minimum atomic E-state index is -4.77. The number of carbonyl (C=O) groups excluding carboxylic acids is 1. The van der Waals surface area contributed by atoms with Crippen molar-refractivity contribution in [1.29, 1.82) is 0 Å². The first-order valence-corrected chi connectivity index (χ1v) is 9.63. The molecule has 0 atom stereocenters. The molecule has 0 aliphatic rings. The molecule has 0 aliphatic heterocycles. The maximum Gasteiger partial charge on any atom is 0.573 e. The summed E-state index contributed by atoms with van der Waals surface area (Å²) < 4.78 is 47.4. The Hall–Kier alpha value is -4.34. The van der Waals surface area contributed by atoms with Crippen LogP contribution in [0, 0.1) is 0 Å². The van der Waals surface area contributed by atoms with Crippen LogP contribution in [0.3, 0.4) is 0 Å². The fourth-order valence-electron chi connectivity index (χ4n) is 2.97. The number of carbonyl (C=O) groups is 1. The molecule has 0 bridgehead atoms. The molecule has 2 aromatic heterocycles. The lowest BCUT2D eigenvalue weighted by molar-refractivity contribution is -0.274. The van der Waals surface area contributed by atoms with Crippen LogP contribution in [0.1, 0.15) is 10.4 Å². The van der Waals surface area contributed by atoms with Gasteiger partial charge in [0.2, 0.25) is 0 Å². The molecule has 10 heteroatoms. The van der Waals surface area contributed by atoms with Crippen LogP contribution in [0.25, 0.3) is 16.9 Å². The van der Waals surface area contributed by atoms with Crippen molar-refractivity contribution in [1.82, 2.24) is 14.8 Å². The second-order valence-electron chi connectivity index (χ2n) is 6.83. The molecular formula is C23H17F3N4O3. The van der Waals surface area contributed by atoms with Gasteiger partial charge in [-0.2, -0.15) is 5.10 Å². The number of anilines is 1. The fraction of sp³-hybridized carbons (Fsp3) is 0.0870. The second kappa shape index (κ2) is 9.03. The van der Waals surface area contributed by atoms with Crippen molar-refractivity contribution in [3.63, 3.8) is 0 Å². The Morgan fingerprint density at radius 1 is 0.939 bits per heavy atom. The summed E-state index contributed by atoms with van der Waals surface area (Å²) in [4.78, 5) is 16.7. The molecule has 0 unspecified atom stereocenters. The third-order valence-electron chi connectivity index (χ3n) is 4.59. The number of alkyl halides is 3. The van der Waals surface area contributed by atoms with Crippen LogP contribution in [0.4, 0.5) is 18.9 Å².